The third kappa shape index (κ3) is 1.89. The summed E-state index contributed by atoms with van der Waals surface area (Å²) in [5.74, 6) is 0.0332. The zero-order chi connectivity index (χ0) is 16.8. The standard InChI is InChI=1S/C20H15NO3/c1-2-6-15(22)18-17-11-7-3-4-8-12(11)19(23)13-9-5-10-14(16(13)17)21-20(18)24/h3-5,7-10,22H,2,6H2,1H3/b18-15-. The van der Waals surface area contributed by atoms with Gasteiger partial charge in [0.05, 0.1) is 10.7 Å². The van der Waals surface area contributed by atoms with Gasteiger partial charge < -0.3 is 5.11 Å². The van der Waals surface area contributed by atoms with Gasteiger partial charge in [-0.05, 0) is 17.9 Å². The van der Waals surface area contributed by atoms with Crippen molar-refractivity contribution < 1.29 is 5.11 Å². The van der Waals surface area contributed by atoms with Crippen molar-refractivity contribution in [3.05, 3.63) is 78.7 Å². The summed E-state index contributed by atoms with van der Waals surface area (Å²) in [6.07, 6.45) is 1.11. The molecule has 4 rings (SSSR count). The molecule has 118 valence electrons. The minimum Gasteiger partial charge on any atom is -0.511 e. The Morgan fingerprint density at radius 1 is 0.958 bits per heavy atom. The number of rotatable bonds is 2. The molecule has 0 amide bonds. The van der Waals surface area contributed by atoms with E-state index in [0.717, 1.165) is 0 Å². The van der Waals surface area contributed by atoms with E-state index in [-0.39, 0.29) is 16.4 Å². The maximum Gasteiger partial charge on any atom is 0.281 e. The van der Waals surface area contributed by atoms with Gasteiger partial charge >= 0.3 is 0 Å². The van der Waals surface area contributed by atoms with Crippen LogP contribution in [0, 0.1) is 10.4 Å². The van der Waals surface area contributed by atoms with E-state index >= 15 is 0 Å². The van der Waals surface area contributed by atoms with Gasteiger partial charge in [-0.3, -0.25) is 9.59 Å². The lowest BCUT2D eigenvalue weighted by atomic mass is 9.98. The van der Waals surface area contributed by atoms with Crippen molar-refractivity contribution in [3.8, 4) is 0 Å². The molecule has 2 aromatic rings. The Morgan fingerprint density at radius 2 is 1.67 bits per heavy atom. The largest absolute Gasteiger partial charge is 0.511 e. The quantitative estimate of drug-likeness (QED) is 0.617. The van der Waals surface area contributed by atoms with Crippen LogP contribution in [-0.2, 0) is 0 Å². The van der Waals surface area contributed by atoms with E-state index in [1.807, 2.05) is 19.1 Å². The molecule has 0 saturated carbocycles. The van der Waals surface area contributed by atoms with Gasteiger partial charge in [-0.1, -0.05) is 43.3 Å². The number of aliphatic hydroxyl groups excluding tert-OH is 1. The Bertz CT molecular complexity index is 1310. The van der Waals surface area contributed by atoms with E-state index < -0.39 is 5.56 Å². The van der Waals surface area contributed by atoms with Crippen LogP contribution in [0.1, 0.15) is 19.8 Å². The number of hydrogen-bond acceptors (Lipinski definition) is 4. The molecule has 2 aromatic carbocycles. The second-order valence-corrected chi connectivity index (χ2v) is 5.94. The van der Waals surface area contributed by atoms with Crippen LogP contribution in [0.4, 0.5) is 0 Å². The van der Waals surface area contributed by atoms with E-state index in [2.05, 4.69) is 4.98 Å². The van der Waals surface area contributed by atoms with Crippen LogP contribution in [0.15, 0.2) is 52.1 Å². The number of aromatic nitrogens is 1. The van der Waals surface area contributed by atoms with Crippen LogP contribution in [0.25, 0.3) is 27.4 Å². The number of benzene rings is 2. The molecule has 1 aliphatic heterocycles. The van der Waals surface area contributed by atoms with E-state index in [9.17, 15) is 14.7 Å². The van der Waals surface area contributed by atoms with Gasteiger partial charge in [0.25, 0.3) is 5.56 Å². The molecule has 24 heavy (non-hydrogen) atoms. The molecule has 0 unspecified atom stereocenters. The predicted octanol–water partition coefficient (Wildman–Crippen LogP) is 2.46. The molecule has 2 aliphatic rings. The van der Waals surface area contributed by atoms with Crippen LogP contribution < -0.4 is 16.2 Å². The molecule has 0 spiro atoms. The van der Waals surface area contributed by atoms with Gasteiger partial charge in [0, 0.05) is 27.6 Å². The molecule has 0 saturated heterocycles. The summed E-state index contributed by atoms with van der Waals surface area (Å²) in [6.45, 7) is 1.93. The van der Waals surface area contributed by atoms with E-state index in [1.165, 1.54) is 0 Å². The SMILES string of the molecule is CCC/C(O)=c1/c(=O)nc2cccc3c2=c1c1ccccc1c3=O. The summed E-state index contributed by atoms with van der Waals surface area (Å²) >= 11 is 0. The average Bonchev–Trinajstić information content (AvgIpc) is 2.59. The lowest BCUT2D eigenvalue weighted by molar-refractivity contribution is 0.475. The predicted molar refractivity (Wildman–Crippen MR) is 94.4 cm³/mol. The second-order valence-electron chi connectivity index (χ2n) is 5.94. The summed E-state index contributed by atoms with van der Waals surface area (Å²) in [6, 6.07) is 12.4. The molecule has 0 fully saturated rings. The molecular weight excluding hydrogens is 302 g/mol. The monoisotopic (exact) mass is 317 g/mol. The van der Waals surface area contributed by atoms with Crippen molar-refractivity contribution in [2.75, 3.05) is 0 Å². The summed E-state index contributed by atoms with van der Waals surface area (Å²) < 4.78 is 0. The number of aliphatic hydroxyl groups is 1. The van der Waals surface area contributed by atoms with E-state index in [4.69, 9.17) is 0 Å². The highest BCUT2D eigenvalue weighted by Gasteiger charge is 2.14. The fraction of sp³-hybridized carbons (Fsp3) is 0.150. The van der Waals surface area contributed by atoms with Crippen molar-refractivity contribution in [1.82, 2.24) is 4.98 Å². The van der Waals surface area contributed by atoms with Crippen molar-refractivity contribution in [3.63, 3.8) is 0 Å². The van der Waals surface area contributed by atoms with Gasteiger partial charge in [-0.15, -0.1) is 0 Å². The van der Waals surface area contributed by atoms with Gasteiger partial charge in [-0.2, -0.15) is 0 Å². The van der Waals surface area contributed by atoms with Crippen LogP contribution >= 0.6 is 0 Å². The molecular formula is C20H15NO3. The van der Waals surface area contributed by atoms with Crippen LogP contribution in [0.3, 0.4) is 0 Å². The molecule has 1 aliphatic carbocycles. The highest BCUT2D eigenvalue weighted by Crippen LogP contribution is 2.18. The summed E-state index contributed by atoms with van der Waals surface area (Å²) in [5, 5.41) is 13.7. The molecule has 0 atom stereocenters. The Morgan fingerprint density at radius 3 is 2.42 bits per heavy atom. The van der Waals surface area contributed by atoms with Crippen molar-refractivity contribution >= 4 is 27.4 Å². The first kappa shape index (κ1) is 14.6. The first-order valence-corrected chi connectivity index (χ1v) is 7.96. The van der Waals surface area contributed by atoms with Crippen molar-refractivity contribution in [1.29, 1.82) is 0 Å². The Labute approximate surface area is 136 Å². The van der Waals surface area contributed by atoms with Crippen LogP contribution in [0.5, 0.6) is 0 Å². The van der Waals surface area contributed by atoms with E-state index in [1.54, 1.807) is 30.3 Å². The fourth-order valence-corrected chi connectivity index (χ4v) is 3.43. The third-order valence-electron chi connectivity index (χ3n) is 4.44. The fourth-order valence-electron chi connectivity index (χ4n) is 3.43. The van der Waals surface area contributed by atoms with Crippen molar-refractivity contribution in [2.24, 2.45) is 0 Å². The Kier molecular flexibility index (Phi) is 3.20. The minimum absolute atomic E-state index is 0.0332. The summed E-state index contributed by atoms with van der Waals surface area (Å²) in [5.41, 5.74) is -0.0433. The van der Waals surface area contributed by atoms with Gasteiger partial charge in [0.15, 0.2) is 5.43 Å². The highest BCUT2D eigenvalue weighted by molar-refractivity contribution is 5.90. The first-order valence-electron chi connectivity index (χ1n) is 7.96. The third-order valence-corrected chi connectivity index (χ3v) is 4.44. The second kappa shape index (κ2) is 5.27. The molecule has 4 heteroatoms. The molecule has 4 nitrogen and oxygen atoms in total. The van der Waals surface area contributed by atoms with Crippen molar-refractivity contribution in [2.45, 2.75) is 19.8 Å². The molecule has 1 heterocycles. The molecule has 0 aromatic heterocycles. The van der Waals surface area contributed by atoms with Gasteiger partial charge in [0.1, 0.15) is 5.76 Å². The van der Waals surface area contributed by atoms with E-state index in [0.29, 0.717) is 45.0 Å². The van der Waals surface area contributed by atoms with Gasteiger partial charge in [-0.25, -0.2) is 4.98 Å². The lowest BCUT2D eigenvalue weighted by Crippen LogP contribution is -2.32. The van der Waals surface area contributed by atoms with Gasteiger partial charge in [0.2, 0.25) is 0 Å². The Balaban J connectivity index is 2.56. The molecule has 1 N–H and O–H groups in total. The smallest absolute Gasteiger partial charge is 0.281 e. The summed E-state index contributed by atoms with van der Waals surface area (Å²) in [4.78, 5) is 29.5. The topological polar surface area (TPSA) is 67.3 Å². The number of fused-ring (bicyclic) bond motifs is 2. The lowest BCUT2D eigenvalue weighted by Gasteiger charge is -2.07. The maximum absolute atomic E-state index is 12.8. The normalized spacial score (nSPS) is 13.0. The highest BCUT2D eigenvalue weighted by atomic mass is 16.3. The zero-order valence-electron chi connectivity index (χ0n) is 13.2. The Hall–Kier alpha value is -3.01. The minimum atomic E-state index is -0.454. The number of nitrogens with zero attached hydrogens (tertiary/aromatic N) is 1. The molecule has 0 bridgehead atoms. The number of hydrogen-bond donors (Lipinski definition) is 1. The van der Waals surface area contributed by atoms with Crippen LogP contribution in [-0.4, -0.2) is 10.1 Å². The summed E-state index contributed by atoms with van der Waals surface area (Å²) in [7, 11) is 0. The first-order chi connectivity index (χ1) is 11.6. The maximum atomic E-state index is 12.8. The van der Waals surface area contributed by atoms with Crippen LogP contribution in [0.2, 0.25) is 0 Å². The average molecular weight is 317 g/mol. The molecule has 0 radical (unpaired) electrons. The zero-order valence-corrected chi connectivity index (χ0v) is 13.2.